The van der Waals surface area contributed by atoms with Crippen LogP contribution in [0.5, 0.6) is 0 Å². The molecule has 1 amide bonds. The first kappa shape index (κ1) is 16.6. The molecule has 6 nitrogen and oxygen atoms in total. The summed E-state index contributed by atoms with van der Waals surface area (Å²) in [7, 11) is 0. The van der Waals surface area contributed by atoms with Crippen molar-refractivity contribution in [1.82, 2.24) is 0 Å². The number of rotatable bonds is 2. The summed E-state index contributed by atoms with van der Waals surface area (Å²) in [6.07, 6.45) is -0.968. The third-order valence-corrected chi connectivity index (χ3v) is 2.83. The van der Waals surface area contributed by atoms with Gasteiger partial charge in [-0.3, -0.25) is 15.4 Å². The van der Waals surface area contributed by atoms with Gasteiger partial charge in [-0.1, -0.05) is 11.6 Å². The van der Waals surface area contributed by atoms with Gasteiger partial charge in [-0.15, -0.1) is 0 Å². The normalized spacial score (nSPS) is 11.1. The van der Waals surface area contributed by atoms with Crippen molar-refractivity contribution < 1.29 is 18.8 Å². The Hall–Kier alpha value is -1.41. The van der Waals surface area contributed by atoms with Crippen molar-refractivity contribution in [1.29, 1.82) is 0 Å². The second-order valence-corrected chi connectivity index (χ2v) is 6.02. The van der Waals surface area contributed by atoms with E-state index in [1.165, 1.54) is 0 Å². The van der Waals surface area contributed by atoms with Gasteiger partial charge in [0.05, 0.1) is 14.4 Å². The number of carbonyl (C=O) groups excluding carboxylic acids is 1. The quantitative estimate of drug-likeness (QED) is 0.473. The minimum absolute atomic E-state index is 0.177. The van der Waals surface area contributed by atoms with Crippen molar-refractivity contribution in [3.05, 3.63) is 31.5 Å². The van der Waals surface area contributed by atoms with Gasteiger partial charge in [0.1, 0.15) is 11.3 Å². The van der Waals surface area contributed by atoms with Crippen molar-refractivity contribution in [3.63, 3.8) is 0 Å². The van der Waals surface area contributed by atoms with E-state index in [0.29, 0.717) is 0 Å². The zero-order valence-electron chi connectivity index (χ0n) is 10.8. The summed E-state index contributed by atoms with van der Waals surface area (Å²) in [4.78, 5) is 21.5. The molecule has 0 heterocycles. The molecule has 1 aromatic rings. The first-order valence-corrected chi connectivity index (χ1v) is 6.52. The molecule has 0 radical (unpaired) electrons. The van der Waals surface area contributed by atoms with E-state index in [1.807, 2.05) is 0 Å². The Labute approximate surface area is 127 Å². The predicted molar refractivity (Wildman–Crippen MR) is 75.6 cm³/mol. The minimum atomic E-state index is -1.13. The minimum Gasteiger partial charge on any atom is -0.444 e. The largest absolute Gasteiger partial charge is 0.444 e. The van der Waals surface area contributed by atoms with E-state index < -0.39 is 33.8 Å². The molecule has 1 rings (SSSR count). The zero-order valence-corrected chi connectivity index (χ0v) is 13.1. The smallest absolute Gasteiger partial charge is 0.412 e. The standard InChI is InChI=1S/C11H11BrClFN2O4/c1-11(2,3)20-10(17)15-8-6(13)4-5(12)7(14)9(8)16(18)19/h4H,1-3H3,(H,15,17). The summed E-state index contributed by atoms with van der Waals surface area (Å²) in [5.41, 5.74) is -2.19. The number of nitro benzene ring substituents is 1. The van der Waals surface area contributed by atoms with Crippen LogP contribution in [0, 0.1) is 15.9 Å². The molecule has 1 aromatic carbocycles. The molecule has 20 heavy (non-hydrogen) atoms. The van der Waals surface area contributed by atoms with Gasteiger partial charge in [-0.25, -0.2) is 4.79 Å². The van der Waals surface area contributed by atoms with Gasteiger partial charge < -0.3 is 4.74 Å². The van der Waals surface area contributed by atoms with Crippen molar-refractivity contribution in [2.75, 3.05) is 5.32 Å². The second kappa shape index (κ2) is 5.92. The van der Waals surface area contributed by atoms with Gasteiger partial charge in [0.25, 0.3) is 0 Å². The van der Waals surface area contributed by atoms with E-state index in [9.17, 15) is 19.3 Å². The molecular weight excluding hydrogens is 358 g/mol. The van der Waals surface area contributed by atoms with Gasteiger partial charge in [0.15, 0.2) is 0 Å². The topological polar surface area (TPSA) is 81.5 Å². The Morgan fingerprint density at radius 1 is 1.55 bits per heavy atom. The summed E-state index contributed by atoms with van der Waals surface area (Å²) in [5.74, 6) is -1.13. The van der Waals surface area contributed by atoms with Crippen molar-refractivity contribution >= 4 is 45.0 Å². The first-order chi connectivity index (χ1) is 9.03. The van der Waals surface area contributed by atoms with Gasteiger partial charge in [0.2, 0.25) is 5.82 Å². The molecule has 0 aliphatic carbocycles. The van der Waals surface area contributed by atoms with E-state index in [-0.39, 0.29) is 9.50 Å². The van der Waals surface area contributed by atoms with Gasteiger partial charge in [-0.2, -0.15) is 4.39 Å². The molecule has 0 aliphatic rings. The second-order valence-electron chi connectivity index (χ2n) is 4.76. The van der Waals surface area contributed by atoms with Crippen LogP contribution in [0.3, 0.4) is 0 Å². The highest BCUT2D eigenvalue weighted by Crippen LogP contribution is 2.39. The summed E-state index contributed by atoms with van der Waals surface area (Å²) < 4.78 is 18.5. The van der Waals surface area contributed by atoms with Crippen LogP contribution in [-0.4, -0.2) is 16.6 Å². The molecule has 1 N–H and O–H groups in total. The maximum atomic E-state index is 13.7. The number of amides is 1. The average Bonchev–Trinajstić information content (AvgIpc) is 2.22. The van der Waals surface area contributed by atoms with Crippen LogP contribution in [0.15, 0.2) is 10.5 Å². The maximum Gasteiger partial charge on any atom is 0.412 e. The van der Waals surface area contributed by atoms with Crippen LogP contribution in [0.4, 0.5) is 20.6 Å². The molecule has 0 spiro atoms. The average molecular weight is 370 g/mol. The molecule has 0 unspecified atom stereocenters. The van der Waals surface area contributed by atoms with E-state index in [0.717, 1.165) is 6.07 Å². The highest BCUT2D eigenvalue weighted by atomic mass is 79.9. The Bertz CT molecular complexity index is 575. The number of hydrogen-bond acceptors (Lipinski definition) is 4. The molecule has 0 aliphatic heterocycles. The number of nitro groups is 1. The lowest BCUT2D eigenvalue weighted by atomic mass is 10.2. The predicted octanol–water partition coefficient (Wildman–Crippen LogP) is 4.50. The number of halogens is 3. The van der Waals surface area contributed by atoms with Crippen molar-refractivity contribution in [2.24, 2.45) is 0 Å². The van der Waals surface area contributed by atoms with Crippen LogP contribution in [0.25, 0.3) is 0 Å². The number of nitrogens with one attached hydrogen (secondary N) is 1. The summed E-state index contributed by atoms with van der Waals surface area (Å²) in [5, 5.41) is 12.8. The fraction of sp³-hybridized carbons (Fsp3) is 0.364. The van der Waals surface area contributed by atoms with Crippen LogP contribution in [0.2, 0.25) is 5.02 Å². The molecule has 0 saturated heterocycles. The summed E-state index contributed by atoms with van der Waals surface area (Å²) in [6.45, 7) is 4.85. The van der Waals surface area contributed by atoms with E-state index in [2.05, 4.69) is 21.2 Å². The molecule has 0 atom stereocenters. The SMILES string of the molecule is CC(C)(C)OC(=O)Nc1c(Cl)cc(Br)c(F)c1[N+](=O)[O-]. The molecular formula is C11H11BrClFN2O4. The van der Waals surface area contributed by atoms with Gasteiger partial charge in [0, 0.05) is 0 Å². The molecule has 0 fully saturated rings. The molecule has 0 bridgehead atoms. The first-order valence-electron chi connectivity index (χ1n) is 5.35. The lowest BCUT2D eigenvalue weighted by Crippen LogP contribution is -2.27. The lowest BCUT2D eigenvalue weighted by Gasteiger charge is -2.20. The third-order valence-electron chi connectivity index (χ3n) is 1.96. The summed E-state index contributed by atoms with van der Waals surface area (Å²) in [6, 6.07) is 1.11. The van der Waals surface area contributed by atoms with Gasteiger partial charge in [-0.05, 0) is 42.8 Å². The van der Waals surface area contributed by atoms with Crippen LogP contribution >= 0.6 is 27.5 Å². The van der Waals surface area contributed by atoms with E-state index in [1.54, 1.807) is 20.8 Å². The lowest BCUT2D eigenvalue weighted by molar-refractivity contribution is -0.386. The third kappa shape index (κ3) is 4.04. The number of ether oxygens (including phenoxy) is 1. The molecule has 0 aromatic heterocycles. The maximum absolute atomic E-state index is 13.7. The van der Waals surface area contributed by atoms with Crippen molar-refractivity contribution in [3.8, 4) is 0 Å². The Kier molecular flexibility index (Phi) is 4.93. The Morgan fingerprint density at radius 3 is 2.55 bits per heavy atom. The number of nitrogens with zero attached hydrogens (tertiary/aromatic N) is 1. The van der Waals surface area contributed by atoms with Crippen LogP contribution in [-0.2, 0) is 4.74 Å². The van der Waals surface area contributed by atoms with E-state index in [4.69, 9.17) is 16.3 Å². The fourth-order valence-corrected chi connectivity index (χ4v) is 2.07. The highest BCUT2D eigenvalue weighted by Gasteiger charge is 2.28. The summed E-state index contributed by atoms with van der Waals surface area (Å²) >= 11 is 8.60. The monoisotopic (exact) mass is 368 g/mol. The number of anilines is 1. The fourth-order valence-electron chi connectivity index (χ4n) is 1.28. The number of carbonyl (C=O) groups is 1. The molecule has 110 valence electrons. The van der Waals surface area contributed by atoms with Crippen LogP contribution in [0.1, 0.15) is 20.8 Å². The number of benzene rings is 1. The number of hydrogen-bond donors (Lipinski definition) is 1. The Morgan fingerprint density at radius 2 is 2.10 bits per heavy atom. The molecule has 0 saturated carbocycles. The van der Waals surface area contributed by atoms with Crippen molar-refractivity contribution in [2.45, 2.75) is 26.4 Å². The zero-order chi connectivity index (χ0) is 15.7. The highest BCUT2D eigenvalue weighted by molar-refractivity contribution is 9.10. The van der Waals surface area contributed by atoms with E-state index >= 15 is 0 Å². The van der Waals surface area contributed by atoms with Crippen LogP contribution < -0.4 is 5.32 Å². The Balaban J connectivity index is 3.21. The van der Waals surface area contributed by atoms with Gasteiger partial charge >= 0.3 is 11.8 Å². The molecule has 9 heteroatoms.